The summed E-state index contributed by atoms with van der Waals surface area (Å²) in [5.74, 6) is 0.222. The Bertz CT molecular complexity index is 904. The molecule has 2 rings (SSSR count). The van der Waals surface area contributed by atoms with Crippen molar-refractivity contribution in [3.63, 3.8) is 0 Å². The van der Waals surface area contributed by atoms with E-state index in [9.17, 15) is 4.79 Å². The molecule has 0 saturated heterocycles. The van der Waals surface area contributed by atoms with E-state index in [-0.39, 0.29) is 22.8 Å². The molecule has 3 heteroatoms. The van der Waals surface area contributed by atoms with Crippen LogP contribution in [0.5, 0.6) is 0 Å². The smallest absolute Gasteiger partial charge is 0.253 e. The Kier molecular flexibility index (Phi) is 8.93. The lowest BCUT2D eigenvalue weighted by atomic mass is 9.62. The van der Waals surface area contributed by atoms with Crippen LogP contribution in [-0.4, -0.2) is 18.1 Å². The monoisotopic (exact) mass is 451 g/mol. The molecule has 3 nitrogen and oxygen atoms in total. The molecule has 0 bridgehead atoms. The summed E-state index contributed by atoms with van der Waals surface area (Å²) in [5.41, 5.74) is 6.49. The predicted molar refractivity (Wildman–Crippen MR) is 141 cm³/mol. The molecular formula is C30H45NO2. The molecule has 0 saturated carbocycles. The van der Waals surface area contributed by atoms with Crippen LogP contribution in [0.4, 0.5) is 0 Å². The lowest BCUT2D eigenvalue weighted by molar-refractivity contribution is -0.135. The fourth-order valence-corrected chi connectivity index (χ4v) is 4.59. The summed E-state index contributed by atoms with van der Waals surface area (Å²) in [4.78, 5) is 12.8. The topological polar surface area (TPSA) is 38.3 Å². The first-order valence-corrected chi connectivity index (χ1v) is 12.4. The molecule has 0 aliphatic heterocycles. The van der Waals surface area contributed by atoms with Crippen LogP contribution in [0.3, 0.4) is 0 Å². The highest BCUT2D eigenvalue weighted by Crippen LogP contribution is 2.46. The molecule has 0 aromatic heterocycles. The van der Waals surface area contributed by atoms with Gasteiger partial charge in [0.25, 0.3) is 5.91 Å². The molecule has 1 aromatic rings. The zero-order chi connectivity index (χ0) is 25.0. The number of benzene rings is 1. The zero-order valence-electron chi connectivity index (χ0n) is 22.2. The predicted octanol–water partition coefficient (Wildman–Crippen LogP) is 7.08. The summed E-state index contributed by atoms with van der Waals surface area (Å²) in [6, 6.07) is 4.78. The summed E-state index contributed by atoms with van der Waals surface area (Å²) in [7, 11) is 0. The summed E-state index contributed by atoms with van der Waals surface area (Å²) >= 11 is 0. The minimum Gasteiger partial charge on any atom is -0.365 e. The molecule has 1 amide bonds. The second-order valence-electron chi connectivity index (χ2n) is 11.4. The molecule has 0 radical (unpaired) electrons. The van der Waals surface area contributed by atoms with Gasteiger partial charge in [-0.1, -0.05) is 72.4 Å². The highest BCUT2D eigenvalue weighted by Gasteiger charge is 2.37. The molecule has 1 aliphatic carbocycles. The van der Waals surface area contributed by atoms with Crippen LogP contribution in [0, 0.1) is 12.8 Å². The fraction of sp³-hybridized carbons (Fsp3) is 0.567. The molecule has 1 aliphatic rings. The van der Waals surface area contributed by atoms with Gasteiger partial charge in [0.1, 0.15) is 6.10 Å². The van der Waals surface area contributed by atoms with Crippen molar-refractivity contribution in [2.75, 3.05) is 0 Å². The highest BCUT2D eigenvalue weighted by atomic mass is 16.5. The number of hydrogen-bond donors (Lipinski definition) is 1. The third-order valence-corrected chi connectivity index (χ3v) is 6.85. The molecule has 1 aromatic carbocycles. The molecule has 1 N–H and O–H groups in total. The normalized spacial score (nSPS) is 18.6. The van der Waals surface area contributed by atoms with Gasteiger partial charge in [-0.05, 0) is 78.2 Å². The maximum Gasteiger partial charge on any atom is 0.253 e. The maximum absolute atomic E-state index is 12.8. The van der Waals surface area contributed by atoms with Crippen molar-refractivity contribution in [3.8, 4) is 0 Å². The standard InChI is InChI=1S/C30H45NO2/c1-11-12-27(28(32)31-22(5)14-13-20(2)3)33-23(6)18-24-19-26-25(17-21(24)4)29(7,8)15-16-30(26,9)10/h11,13-14,17,19-20,23,27H,1,5,12,15-16,18H2,2-4,6-10H3,(H,31,32)/b14-13-. The number of hydrogen-bond acceptors (Lipinski definition) is 2. The lowest BCUT2D eigenvalue weighted by Gasteiger charge is -2.42. The van der Waals surface area contributed by atoms with E-state index in [4.69, 9.17) is 4.74 Å². The Morgan fingerprint density at radius 1 is 1.12 bits per heavy atom. The van der Waals surface area contributed by atoms with E-state index in [0.717, 1.165) is 6.42 Å². The number of nitrogens with one attached hydrogen (secondary N) is 1. The van der Waals surface area contributed by atoms with Crippen molar-refractivity contribution in [3.05, 3.63) is 71.5 Å². The van der Waals surface area contributed by atoms with Gasteiger partial charge in [-0.15, -0.1) is 6.58 Å². The van der Waals surface area contributed by atoms with Gasteiger partial charge in [-0.3, -0.25) is 4.79 Å². The average Bonchev–Trinajstić information content (AvgIpc) is 2.70. The minimum absolute atomic E-state index is 0.100. The summed E-state index contributed by atoms with van der Waals surface area (Å²) in [5, 5.41) is 2.87. The van der Waals surface area contributed by atoms with Crippen LogP contribution in [-0.2, 0) is 26.8 Å². The number of carbonyl (C=O) groups is 1. The first kappa shape index (κ1) is 27.1. The number of amides is 1. The zero-order valence-corrected chi connectivity index (χ0v) is 22.2. The number of aryl methyl sites for hydroxylation is 1. The SMILES string of the molecule is C=CCC(OC(C)Cc1cc2c(cc1C)C(C)(C)CCC2(C)C)C(=O)NC(=C)/C=C\C(C)C. The Balaban J connectivity index is 2.16. The third kappa shape index (κ3) is 7.17. The quantitative estimate of drug-likeness (QED) is 0.305. The van der Waals surface area contributed by atoms with Crippen molar-refractivity contribution in [1.29, 1.82) is 0 Å². The summed E-state index contributed by atoms with van der Waals surface area (Å²) < 4.78 is 6.23. The second kappa shape index (κ2) is 10.9. The number of fused-ring (bicyclic) bond motifs is 1. The largest absolute Gasteiger partial charge is 0.365 e. The van der Waals surface area contributed by atoms with Crippen molar-refractivity contribution < 1.29 is 9.53 Å². The number of carbonyl (C=O) groups excluding carboxylic acids is 1. The van der Waals surface area contributed by atoms with Crippen LogP contribution >= 0.6 is 0 Å². The molecule has 0 spiro atoms. The van der Waals surface area contributed by atoms with E-state index in [0.29, 0.717) is 18.0 Å². The first-order valence-electron chi connectivity index (χ1n) is 12.4. The first-order chi connectivity index (χ1) is 15.3. The van der Waals surface area contributed by atoms with Crippen LogP contribution in [0.25, 0.3) is 0 Å². The Morgan fingerprint density at radius 2 is 1.70 bits per heavy atom. The van der Waals surface area contributed by atoms with Gasteiger partial charge in [0, 0.05) is 12.1 Å². The molecule has 0 heterocycles. The van der Waals surface area contributed by atoms with E-state index in [1.165, 1.54) is 35.1 Å². The van der Waals surface area contributed by atoms with Crippen molar-refractivity contribution in [2.24, 2.45) is 5.92 Å². The molecule has 2 unspecified atom stereocenters. The molecule has 182 valence electrons. The van der Waals surface area contributed by atoms with Gasteiger partial charge in [-0.25, -0.2) is 0 Å². The molecule has 33 heavy (non-hydrogen) atoms. The van der Waals surface area contributed by atoms with Gasteiger partial charge >= 0.3 is 0 Å². The van der Waals surface area contributed by atoms with E-state index in [2.05, 4.69) is 79.1 Å². The fourth-order valence-electron chi connectivity index (χ4n) is 4.59. The minimum atomic E-state index is -0.588. The van der Waals surface area contributed by atoms with Gasteiger partial charge in [0.15, 0.2) is 0 Å². The Hall–Kier alpha value is -2.13. The summed E-state index contributed by atoms with van der Waals surface area (Å²) in [6.07, 6.45) is 8.53. The molecule has 2 atom stereocenters. The van der Waals surface area contributed by atoms with Crippen molar-refractivity contribution >= 4 is 5.91 Å². The van der Waals surface area contributed by atoms with Crippen LogP contribution in [0.1, 0.15) is 90.0 Å². The third-order valence-electron chi connectivity index (χ3n) is 6.85. The lowest BCUT2D eigenvalue weighted by Crippen LogP contribution is -2.37. The number of allylic oxidation sites excluding steroid dienone is 2. The van der Waals surface area contributed by atoms with Crippen molar-refractivity contribution in [1.82, 2.24) is 5.32 Å². The molecule has 0 fully saturated rings. The van der Waals surface area contributed by atoms with E-state index in [1.54, 1.807) is 6.08 Å². The maximum atomic E-state index is 12.8. The molecular weight excluding hydrogens is 406 g/mol. The second-order valence-corrected chi connectivity index (χ2v) is 11.4. The highest BCUT2D eigenvalue weighted by molar-refractivity contribution is 5.83. The van der Waals surface area contributed by atoms with Gasteiger partial charge < -0.3 is 10.1 Å². The van der Waals surface area contributed by atoms with Crippen LogP contribution < -0.4 is 5.32 Å². The Labute approximate surface area is 202 Å². The van der Waals surface area contributed by atoms with Crippen LogP contribution in [0.15, 0.2) is 49.2 Å². The summed E-state index contributed by atoms with van der Waals surface area (Å²) in [6.45, 7) is 25.6. The van der Waals surface area contributed by atoms with Gasteiger partial charge in [0.2, 0.25) is 0 Å². The Morgan fingerprint density at radius 3 is 2.24 bits per heavy atom. The average molecular weight is 452 g/mol. The van der Waals surface area contributed by atoms with Gasteiger partial charge in [0.05, 0.1) is 6.10 Å². The number of ether oxygens (including phenoxy) is 1. The number of rotatable bonds is 10. The van der Waals surface area contributed by atoms with E-state index in [1.807, 2.05) is 19.1 Å². The van der Waals surface area contributed by atoms with E-state index >= 15 is 0 Å². The van der Waals surface area contributed by atoms with Crippen LogP contribution in [0.2, 0.25) is 0 Å². The van der Waals surface area contributed by atoms with E-state index < -0.39 is 6.10 Å². The van der Waals surface area contributed by atoms with Gasteiger partial charge in [-0.2, -0.15) is 0 Å². The van der Waals surface area contributed by atoms with Crippen molar-refractivity contribution in [2.45, 2.75) is 104 Å².